The second-order valence-corrected chi connectivity index (χ2v) is 14.6. The van der Waals surface area contributed by atoms with Crippen LogP contribution in [0.4, 0.5) is 4.79 Å². The summed E-state index contributed by atoms with van der Waals surface area (Å²) < 4.78 is 17.2. The molecule has 2 atom stereocenters. The Kier molecular flexibility index (Phi) is 17.8. The van der Waals surface area contributed by atoms with Crippen LogP contribution in [0.3, 0.4) is 0 Å². The van der Waals surface area contributed by atoms with E-state index in [1.54, 1.807) is 0 Å². The summed E-state index contributed by atoms with van der Waals surface area (Å²) in [7, 11) is 0. The number of rotatable bonds is 24. The van der Waals surface area contributed by atoms with E-state index in [0.717, 1.165) is 47.1 Å². The van der Waals surface area contributed by atoms with Crippen molar-refractivity contribution in [3.63, 3.8) is 0 Å². The third-order valence-electron chi connectivity index (χ3n) is 10.1. The fourth-order valence-corrected chi connectivity index (χ4v) is 7.05. The first-order chi connectivity index (χ1) is 25.4. The summed E-state index contributed by atoms with van der Waals surface area (Å²) in [6.07, 6.45) is 15.8. The highest BCUT2D eigenvalue weighted by Crippen LogP contribution is 2.44. The van der Waals surface area contributed by atoms with E-state index in [-0.39, 0.29) is 25.0 Å². The summed E-state index contributed by atoms with van der Waals surface area (Å²) in [5, 5.41) is 2.72. The number of esters is 2. The number of carbonyl (C=O) groups is 3. The Morgan fingerprint density at radius 2 is 1.12 bits per heavy atom. The minimum atomic E-state index is -1.06. The number of benzene rings is 3. The number of hydrogen-bond acceptors (Lipinski definition) is 6. The van der Waals surface area contributed by atoms with Gasteiger partial charge in [0.25, 0.3) is 0 Å². The lowest BCUT2D eigenvalue weighted by Gasteiger charge is -2.24. The lowest BCUT2D eigenvalue weighted by molar-refractivity contribution is -0.171. The lowest BCUT2D eigenvalue weighted by Crippen LogP contribution is -2.47. The zero-order valence-corrected chi connectivity index (χ0v) is 31.8. The van der Waals surface area contributed by atoms with Gasteiger partial charge in [-0.2, -0.15) is 0 Å². The van der Waals surface area contributed by atoms with Gasteiger partial charge in [0.2, 0.25) is 0 Å². The largest absolute Gasteiger partial charge is 0.458 e. The highest BCUT2D eigenvalue weighted by atomic mass is 16.6. The first kappa shape index (κ1) is 40.6. The van der Waals surface area contributed by atoms with E-state index in [1.807, 2.05) is 68.4 Å². The monoisotopic (exact) mass is 711 g/mol. The number of hydrogen-bond donors (Lipinski definition) is 1. The van der Waals surface area contributed by atoms with Crippen molar-refractivity contribution in [2.24, 2.45) is 5.92 Å². The molecule has 3 aromatic rings. The van der Waals surface area contributed by atoms with Gasteiger partial charge in [-0.05, 0) is 46.6 Å². The molecule has 0 bridgehead atoms. The molecule has 1 unspecified atom stereocenters. The average molecular weight is 712 g/mol. The van der Waals surface area contributed by atoms with Crippen LogP contribution in [-0.2, 0) is 30.4 Å². The highest BCUT2D eigenvalue weighted by Gasteiger charge is 2.33. The van der Waals surface area contributed by atoms with Crippen LogP contribution < -0.4 is 5.32 Å². The van der Waals surface area contributed by atoms with Gasteiger partial charge >= 0.3 is 18.0 Å². The number of carbonyl (C=O) groups excluding carboxylic acids is 3. The van der Waals surface area contributed by atoms with E-state index in [9.17, 15) is 14.4 Å². The summed E-state index contributed by atoms with van der Waals surface area (Å²) in [6.45, 7) is 6.14. The van der Waals surface area contributed by atoms with Crippen LogP contribution in [0, 0.1) is 5.92 Å². The summed E-state index contributed by atoms with van der Waals surface area (Å²) in [4.78, 5) is 39.9. The molecular weight excluding hydrogens is 650 g/mol. The Morgan fingerprint density at radius 3 is 1.65 bits per heavy atom. The first-order valence-electron chi connectivity index (χ1n) is 19.9. The normalized spacial score (nSPS) is 13.2. The maximum Gasteiger partial charge on any atom is 0.407 e. The van der Waals surface area contributed by atoms with Gasteiger partial charge in [0.05, 0.1) is 0 Å². The van der Waals surface area contributed by atoms with Crippen molar-refractivity contribution in [2.45, 2.75) is 142 Å². The minimum Gasteiger partial charge on any atom is -0.458 e. The van der Waals surface area contributed by atoms with Gasteiger partial charge in [-0.1, -0.05) is 183 Å². The molecule has 52 heavy (non-hydrogen) atoms. The maximum absolute atomic E-state index is 13.5. The van der Waals surface area contributed by atoms with Gasteiger partial charge in [0.1, 0.15) is 19.3 Å². The van der Waals surface area contributed by atoms with Crippen LogP contribution in [-0.4, -0.2) is 36.8 Å². The minimum absolute atomic E-state index is 0.0953. The van der Waals surface area contributed by atoms with Crippen molar-refractivity contribution in [3.8, 4) is 11.1 Å². The summed E-state index contributed by atoms with van der Waals surface area (Å²) >= 11 is 0. The molecule has 0 radical (unpaired) electrons. The molecule has 282 valence electrons. The van der Waals surface area contributed by atoms with Gasteiger partial charge < -0.3 is 19.5 Å². The molecular formula is C45H61NO6. The van der Waals surface area contributed by atoms with E-state index in [4.69, 9.17) is 14.2 Å². The summed E-state index contributed by atoms with van der Waals surface area (Å²) in [5.41, 5.74) is 5.35. The van der Waals surface area contributed by atoms with Gasteiger partial charge in [0.15, 0.2) is 6.10 Å². The van der Waals surface area contributed by atoms with Crippen LogP contribution in [0.15, 0.2) is 78.9 Å². The molecule has 0 saturated carbocycles. The molecule has 1 amide bonds. The van der Waals surface area contributed by atoms with Crippen molar-refractivity contribution in [1.82, 2.24) is 5.32 Å². The fraction of sp³-hybridized carbons (Fsp3) is 0.533. The van der Waals surface area contributed by atoms with Crippen molar-refractivity contribution >= 4 is 18.0 Å². The molecule has 0 aliphatic heterocycles. The third kappa shape index (κ3) is 13.1. The second-order valence-electron chi connectivity index (χ2n) is 14.6. The lowest BCUT2D eigenvalue weighted by atomic mass is 9.98. The van der Waals surface area contributed by atoms with E-state index >= 15 is 0 Å². The van der Waals surface area contributed by atoms with Crippen molar-refractivity contribution in [2.75, 3.05) is 6.61 Å². The van der Waals surface area contributed by atoms with Crippen LogP contribution in [0.1, 0.15) is 140 Å². The smallest absolute Gasteiger partial charge is 0.407 e. The quantitative estimate of drug-likeness (QED) is 0.0565. The molecule has 3 aromatic carbocycles. The van der Waals surface area contributed by atoms with Crippen LogP contribution in [0.5, 0.6) is 0 Å². The predicted octanol–water partition coefficient (Wildman–Crippen LogP) is 11.1. The highest BCUT2D eigenvalue weighted by molar-refractivity contribution is 5.85. The number of ether oxygens (including phenoxy) is 3. The zero-order valence-electron chi connectivity index (χ0n) is 31.8. The number of amides is 1. The SMILES string of the molecule is CCCCCCCCCCCCCCCCC(OC(=O)[C@@H](NC(=O)OCC1c2ccccc2-c2ccccc21)C(C)C)C(=O)OCc1ccccc1. The Labute approximate surface area is 312 Å². The predicted molar refractivity (Wildman–Crippen MR) is 208 cm³/mol. The summed E-state index contributed by atoms with van der Waals surface area (Å²) in [5.74, 6) is -1.64. The Morgan fingerprint density at radius 1 is 0.615 bits per heavy atom. The van der Waals surface area contributed by atoms with E-state index in [0.29, 0.717) is 6.42 Å². The van der Waals surface area contributed by atoms with E-state index in [2.05, 4.69) is 36.5 Å². The Bertz CT molecular complexity index is 1460. The average Bonchev–Trinajstić information content (AvgIpc) is 3.48. The first-order valence-corrected chi connectivity index (χ1v) is 19.9. The number of fused-ring (bicyclic) bond motifs is 3. The van der Waals surface area contributed by atoms with Crippen LogP contribution in [0.2, 0.25) is 0 Å². The number of alkyl carbamates (subject to hydrolysis) is 1. The molecule has 0 fully saturated rings. The standard InChI is InChI=1S/C45H61NO6/c1-4-5-6-7-8-9-10-11-12-13-14-15-16-20-31-41(43(47)50-32-35-25-18-17-19-26-35)52-44(48)42(34(2)3)46-45(49)51-33-40-38-29-23-21-27-36(38)37-28-22-24-30-39(37)40/h17-19,21-30,34,40-42H,4-16,20,31-33H2,1-3H3,(H,46,49)/t41?,42-/m0/s1. The van der Waals surface area contributed by atoms with Crippen molar-refractivity contribution < 1.29 is 28.6 Å². The van der Waals surface area contributed by atoms with Crippen molar-refractivity contribution in [3.05, 3.63) is 95.6 Å². The van der Waals surface area contributed by atoms with Gasteiger partial charge in [-0.15, -0.1) is 0 Å². The number of unbranched alkanes of at least 4 members (excludes halogenated alkanes) is 13. The molecule has 1 N–H and O–H groups in total. The molecule has 0 aromatic heterocycles. The molecule has 1 aliphatic carbocycles. The molecule has 0 saturated heterocycles. The molecule has 7 nitrogen and oxygen atoms in total. The summed E-state index contributed by atoms with van der Waals surface area (Å²) in [6, 6.07) is 24.7. The molecule has 1 aliphatic rings. The topological polar surface area (TPSA) is 90.9 Å². The maximum atomic E-state index is 13.5. The van der Waals surface area contributed by atoms with Crippen LogP contribution >= 0.6 is 0 Å². The Hall–Kier alpha value is -4.13. The Balaban J connectivity index is 1.25. The molecule has 0 spiro atoms. The molecule has 4 rings (SSSR count). The van der Waals surface area contributed by atoms with E-state index < -0.39 is 30.2 Å². The zero-order chi connectivity index (χ0) is 37.0. The van der Waals surface area contributed by atoms with Gasteiger partial charge in [-0.3, -0.25) is 0 Å². The van der Waals surface area contributed by atoms with Gasteiger partial charge in [0, 0.05) is 5.92 Å². The fourth-order valence-electron chi connectivity index (χ4n) is 7.05. The number of nitrogens with one attached hydrogen (secondary N) is 1. The second kappa shape index (κ2) is 22.7. The third-order valence-corrected chi connectivity index (χ3v) is 10.1. The van der Waals surface area contributed by atoms with E-state index in [1.165, 1.54) is 70.6 Å². The molecule has 7 heteroatoms. The van der Waals surface area contributed by atoms with Gasteiger partial charge in [-0.25, -0.2) is 14.4 Å². The van der Waals surface area contributed by atoms with Crippen molar-refractivity contribution in [1.29, 1.82) is 0 Å². The van der Waals surface area contributed by atoms with Crippen LogP contribution in [0.25, 0.3) is 11.1 Å². The molecule has 0 heterocycles.